The van der Waals surface area contributed by atoms with Gasteiger partial charge >= 0.3 is 0 Å². The van der Waals surface area contributed by atoms with Crippen molar-refractivity contribution in [3.05, 3.63) is 244 Å². The number of hydrogen-bond acceptors (Lipinski definition) is 2. The van der Waals surface area contributed by atoms with Crippen LogP contribution in [-0.2, 0) is 21.7 Å². The van der Waals surface area contributed by atoms with Gasteiger partial charge < -0.3 is 9.80 Å². The van der Waals surface area contributed by atoms with Gasteiger partial charge in [-0.1, -0.05) is 262 Å². The Labute approximate surface area is 495 Å². The van der Waals surface area contributed by atoms with Gasteiger partial charge in [-0.25, -0.2) is 0 Å². The van der Waals surface area contributed by atoms with Crippen LogP contribution in [0.15, 0.2) is 217 Å². The van der Waals surface area contributed by atoms with Crippen LogP contribution in [0.1, 0.15) is 105 Å². The van der Waals surface area contributed by atoms with Crippen LogP contribution in [0.4, 0.5) is 34.1 Å². The van der Waals surface area contributed by atoms with Gasteiger partial charge in [0.25, 0.3) is 6.71 Å². The molecular weight excluding hydrogens is 1070 g/mol. The fourth-order valence-electron chi connectivity index (χ4n) is 12.2. The van der Waals surface area contributed by atoms with Crippen molar-refractivity contribution in [3.63, 3.8) is 0 Å². The zero-order chi connectivity index (χ0) is 56.9. The van der Waals surface area contributed by atoms with Gasteiger partial charge in [-0.3, -0.25) is 0 Å². The Kier molecular flexibility index (Phi) is 13.6. The van der Waals surface area contributed by atoms with E-state index in [9.17, 15) is 0 Å². The summed E-state index contributed by atoms with van der Waals surface area (Å²) in [5.41, 5.74) is 26.6. The molecule has 402 valence electrons. The monoisotopic (exact) mass is 1140 g/mol. The fourth-order valence-corrected chi connectivity index (χ4v) is 12.8. The first-order chi connectivity index (χ1) is 38.5. The molecule has 0 saturated heterocycles. The number of halogens is 2. The van der Waals surface area contributed by atoms with Crippen molar-refractivity contribution in [2.45, 2.75) is 105 Å². The molecule has 10 aromatic carbocycles. The van der Waals surface area contributed by atoms with Crippen LogP contribution < -0.4 is 26.2 Å². The van der Waals surface area contributed by atoms with Crippen molar-refractivity contribution in [3.8, 4) is 55.6 Å². The molecule has 10 aromatic rings. The fraction of sp³-hybridized carbons (Fsp3) is 0.211. The molecule has 2 aliphatic rings. The zero-order valence-electron chi connectivity index (χ0n) is 48.9. The van der Waals surface area contributed by atoms with Crippen molar-refractivity contribution in [2.24, 2.45) is 0 Å². The third-order valence-corrected chi connectivity index (χ3v) is 17.5. The second-order valence-corrected chi connectivity index (χ2v) is 27.9. The second kappa shape index (κ2) is 20.3. The Balaban J connectivity index is 1.31. The summed E-state index contributed by atoms with van der Waals surface area (Å²) < 4.78 is 1.03. The van der Waals surface area contributed by atoms with E-state index in [-0.39, 0.29) is 28.4 Å². The quantitative estimate of drug-likeness (QED) is 0.147. The van der Waals surface area contributed by atoms with E-state index in [0.717, 1.165) is 77.5 Å². The van der Waals surface area contributed by atoms with Crippen molar-refractivity contribution in [1.29, 1.82) is 0 Å². The highest BCUT2D eigenvalue weighted by molar-refractivity contribution is 9.10. The van der Waals surface area contributed by atoms with Crippen LogP contribution in [-0.4, -0.2) is 6.71 Å². The Morgan fingerprint density at radius 2 is 0.679 bits per heavy atom. The first-order valence-corrected chi connectivity index (χ1v) is 29.8. The van der Waals surface area contributed by atoms with Gasteiger partial charge in [-0.05, 0) is 154 Å². The third-order valence-electron chi connectivity index (χ3n) is 16.7. The van der Waals surface area contributed by atoms with E-state index in [1.807, 2.05) is 0 Å². The maximum absolute atomic E-state index is 7.42. The van der Waals surface area contributed by atoms with Gasteiger partial charge in [0, 0.05) is 54.5 Å². The molecule has 0 fully saturated rings. The van der Waals surface area contributed by atoms with Crippen LogP contribution >= 0.6 is 27.5 Å². The molecule has 0 atom stereocenters. The molecule has 0 amide bonds. The lowest BCUT2D eigenvalue weighted by Gasteiger charge is -2.46. The Hall–Kier alpha value is -7.37. The molecule has 5 heteroatoms. The number of hydrogen-bond donors (Lipinski definition) is 0. The highest BCUT2D eigenvalue weighted by Crippen LogP contribution is 2.55. The molecule has 0 N–H and O–H groups in total. The molecule has 0 spiro atoms. The summed E-state index contributed by atoms with van der Waals surface area (Å²) in [6, 6.07) is 80.0. The minimum atomic E-state index is -0.175. The van der Waals surface area contributed by atoms with Crippen molar-refractivity contribution in [1.82, 2.24) is 0 Å². The molecule has 0 unspecified atom stereocenters. The van der Waals surface area contributed by atoms with Crippen LogP contribution in [0.25, 0.3) is 55.6 Å². The van der Waals surface area contributed by atoms with Crippen LogP contribution in [0, 0.1) is 0 Å². The summed E-state index contributed by atoms with van der Waals surface area (Å²) in [7, 11) is 0. The zero-order valence-corrected chi connectivity index (χ0v) is 51.3. The predicted molar refractivity (Wildman–Crippen MR) is 355 cm³/mol. The van der Waals surface area contributed by atoms with E-state index in [0.29, 0.717) is 5.02 Å². The lowest BCUT2D eigenvalue weighted by Crippen LogP contribution is -2.61. The summed E-state index contributed by atoms with van der Waals surface area (Å²) in [5, 5.41) is 0.686. The molecule has 0 aliphatic carbocycles. The molecule has 2 nitrogen and oxygen atoms in total. The second-order valence-electron chi connectivity index (χ2n) is 26.5. The Morgan fingerprint density at radius 1 is 0.321 bits per heavy atom. The summed E-state index contributed by atoms with van der Waals surface area (Å²) >= 11 is 11.5. The van der Waals surface area contributed by atoms with Crippen molar-refractivity contribution >= 4 is 84.8 Å². The minimum Gasteiger partial charge on any atom is -0.310 e. The number of benzene rings is 10. The molecule has 0 saturated carbocycles. The average molecular weight is 1140 g/mol. The van der Waals surface area contributed by atoms with Gasteiger partial charge in [0.15, 0.2) is 0 Å². The smallest absolute Gasteiger partial charge is 0.252 e. The SMILES string of the molecule is CC(C)(C)c1cc(-c2cc3c4c(c2)N(c2c(-c5ccccc5)cc(C(C)(C)C)cc2-c2ccccc2)c2cc(Cl)ccc2B4c2cc(Br)ccc2N3c2c(-c3ccccc3)cc(C(C)(C)C)cc2-c2ccccc2)cc(C(C)(C)C)c1. The van der Waals surface area contributed by atoms with E-state index >= 15 is 0 Å². The highest BCUT2D eigenvalue weighted by Gasteiger charge is 2.46. The van der Waals surface area contributed by atoms with Gasteiger partial charge in [-0.15, -0.1) is 0 Å². The summed E-state index contributed by atoms with van der Waals surface area (Å²) in [4.78, 5) is 5.25. The van der Waals surface area contributed by atoms with Crippen LogP contribution in [0.5, 0.6) is 0 Å². The van der Waals surface area contributed by atoms with Crippen LogP contribution in [0.3, 0.4) is 0 Å². The van der Waals surface area contributed by atoms with Gasteiger partial charge in [-0.2, -0.15) is 0 Å². The van der Waals surface area contributed by atoms with Gasteiger partial charge in [0.05, 0.1) is 11.4 Å². The normalized spacial score (nSPS) is 13.2. The van der Waals surface area contributed by atoms with E-state index < -0.39 is 0 Å². The first kappa shape index (κ1) is 54.2. The van der Waals surface area contributed by atoms with Crippen molar-refractivity contribution in [2.75, 3.05) is 9.80 Å². The topological polar surface area (TPSA) is 6.48 Å². The summed E-state index contributed by atoms with van der Waals surface area (Å²) in [6.45, 7) is 27.9. The van der Waals surface area contributed by atoms with Crippen LogP contribution in [0.2, 0.25) is 5.02 Å². The van der Waals surface area contributed by atoms with E-state index in [2.05, 4.69) is 321 Å². The summed E-state index contributed by atoms with van der Waals surface area (Å²) in [5.74, 6) is 0. The van der Waals surface area contributed by atoms with Crippen molar-refractivity contribution < 1.29 is 0 Å². The number of anilines is 6. The summed E-state index contributed by atoms with van der Waals surface area (Å²) in [6.07, 6.45) is 0. The Bertz CT molecular complexity index is 3890. The van der Waals surface area contributed by atoms with Gasteiger partial charge in [0.2, 0.25) is 0 Å². The standard InChI is InChI=1S/C76H71BBrClN2/c1-73(2,3)54-37-52(38-55(41-54)74(4,5)6)53-39-68-70-69(40-53)81(72-62(50-29-21-15-22-30-50)44-57(76(10,11)12)45-63(72)51-31-23-16-24-32-51)67-47-59(79)34-35-64(67)77(70)65-46-58(78)33-36-66(65)80(68)71-60(48-25-17-13-18-26-48)42-56(75(7,8)9)43-61(71)49-27-19-14-20-28-49/h13-47H,1-12H3. The average Bonchev–Trinajstić information content (AvgIpc) is 2.13. The third kappa shape index (κ3) is 9.97. The maximum Gasteiger partial charge on any atom is 0.252 e. The molecule has 0 bridgehead atoms. The number of nitrogens with zero attached hydrogens (tertiary/aromatic N) is 2. The number of rotatable bonds is 7. The van der Waals surface area contributed by atoms with E-state index in [1.165, 1.54) is 55.3 Å². The molecule has 0 radical (unpaired) electrons. The van der Waals surface area contributed by atoms with Gasteiger partial charge in [0.1, 0.15) is 0 Å². The largest absolute Gasteiger partial charge is 0.310 e. The highest BCUT2D eigenvalue weighted by atomic mass is 79.9. The maximum atomic E-state index is 7.42. The Morgan fingerprint density at radius 3 is 1.06 bits per heavy atom. The lowest BCUT2D eigenvalue weighted by molar-refractivity contribution is 0.569. The molecule has 81 heavy (non-hydrogen) atoms. The molecule has 2 heterocycles. The molecule has 12 rings (SSSR count). The van der Waals surface area contributed by atoms with E-state index in [4.69, 9.17) is 11.6 Å². The minimum absolute atomic E-state index is 0.113. The molecular formula is C76H71BBrClN2. The lowest BCUT2D eigenvalue weighted by atomic mass is 9.33. The first-order valence-electron chi connectivity index (χ1n) is 28.7. The number of fused-ring (bicyclic) bond motifs is 4. The molecule has 0 aromatic heterocycles. The van der Waals surface area contributed by atoms with E-state index in [1.54, 1.807) is 0 Å². The molecule has 2 aliphatic heterocycles. The predicted octanol–water partition coefficient (Wildman–Crippen LogP) is 20.7.